The van der Waals surface area contributed by atoms with Crippen molar-refractivity contribution in [2.24, 2.45) is 0 Å². The van der Waals surface area contributed by atoms with Gasteiger partial charge in [0.25, 0.3) is 0 Å². The number of benzene rings is 2. The maximum Gasteiger partial charge on any atom is 0.344 e. The Kier molecular flexibility index (Phi) is 4.34. The number of hydrogen-bond acceptors (Lipinski definition) is 7. The van der Waals surface area contributed by atoms with E-state index in [0.29, 0.717) is 26.6 Å². The van der Waals surface area contributed by atoms with Crippen LogP contribution in [-0.2, 0) is 0 Å². The Balaban J connectivity index is 1.83. The first-order valence-corrected chi connectivity index (χ1v) is 10.0. The van der Waals surface area contributed by atoms with E-state index in [2.05, 4.69) is 0 Å². The standard InChI is InChI=1S/C22H14Cl2O7/c1-7-3-13-9(5-11(7)23)18(25)16(21(27)29-13)15-17-19(31-20(15)26)10-6-12(24)8(2)4-14(10)30-22(17)28/h3-6,15,20,25-26H,1-2H3. The van der Waals surface area contributed by atoms with Gasteiger partial charge in [0, 0.05) is 10.0 Å². The first kappa shape index (κ1) is 19.9. The third kappa shape index (κ3) is 2.85. The van der Waals surface area contributed by atoms with Gasteiger partial charge in [0.15, 0.2) is 0 Å². The monoisotopic (exact) mass is 460 g/mol. The van der Waals surface area contributed by atoms with Crippen LogP contribution in [0.3, 0.4) is 0 Å². The van der Waals surface area contributed by atoms with Crippen molar-refractivity contribution in [2.45, 2.75) is 26.1 Å². The van der Waals surface area contributed by atoms with Crippen LogP contribution in [0.4, 0.5) is 0 Å². The summed E-state index contributed by atoms with van der Waals surface area (Å²) in [6.07, 6.45) is -1.64. The van der Waals surface area contributed by atoms with Crippen molar-refractivity contribution in [2.75, 3.05) is 0 Å². The molecule has 0 radical (unpaired) electrons. The molecule has 0 bridgehead atoms. The van der Waals surface area contributed by atoms with E-state index < -0.39 is 29.2 Å². The van der Waals surface area contributed by atoms with Gasteiger partial charge in [0.2, 0.25) is 6.29 Å². The molecule has 1 aliphatic rings. The van der Waals surface area contributed by atoms with Gasteiger partial charge in [0.1, 0.15) is 22.7 Å². The molecule has 0 amide bonds. The van der Waals surface area contributed by atoms with Crippen LogP contribution in [0.15, 0.2) is 42.7 Å². The zero-order valence-corrected chi connectivity index (χ0v) is 17.7. The van der Waals surface area contributed by atoms with Crippen LogP contribution in [0, 0.1) is 13.8 Å². The molecule has 0 saturated carbocycles. The van der Waals surface area contributed by atoms with E-state index in [1.165, 1.54) is 12.1 Å². The van der Waals surface area contributed by atoms with Gasteiger partial charge in [-0.3, -0.25) is 0 Å². The van der Waals surface area contributed by atoms with Crippen LogP contribution in [0.2, 0.25) is 10.0 Å². The van der Waals surface area contributed by atoms with Crippen molar-refractivity contribution >= 4 is 45.1 Å². The van der Waals surface area contributed by atoms with E-state index in [0.717, 1.165) is 0 Å². The number of hydrogen-bond donors (Lipinski definition) is 2. The highest BCUT2D eigenvalue weighted by atomic mass is 35.5. The topological polar surface area (TPSA) is 110 Å². The second-order valence-corrected chi connectivity index (χ2v) is 8.28. The normalized spacial score (nSPS) is 17.8. The number of aliphatic hydroxyl groups excluding tert-OH is 1. The molecule has 2 aromatic heterocycles. The van der Waals surface area contributed by atoms with Crippen molar-refractivity contribution in [1.82, 2.24) is 0 Å². The van der Waals surface area contributed by atoms with Crippen molar-refractivity contribution < 1.29 is 23.8 Å². The van der Waals surface area contributed by atoms with E-state index in [1.807, 2.05) is 0 Å². The quantitative estimate of drug-likeness (QED) is 0.405. The van der Waals surface area contributed by atoms with E-state index in [4.69, 9.17) is 36.8 Å². The van der Waals surface area contributed by atoms with Gasteiger partial charge in [-0.05, 0) is 49.2 Å². The SMILES string of the molecule is Cc1cc2oc(=O)c(C3c4c(c5cc(Cl)c(C)cc5oc4=O)OC3O)c(O)c2cc1Cl. The van der Waals surface area contributed by atoms with Crippen LogP contribution in [0.1, 0.15) is 28.2 Å². The van der Waals surface area contributed by atoms with Crippen molar-refractivity contribution in [3.8, 4) is 11.5 Å². The molecule has 4 aromatic rings. The van der Waals surface area contributed by atoms with Crippen molar-refractivity contribution in [3.05, 3.63) is 77.4 Å². The van der Waals surface area contributed by atoms with Crippen LogP contribution in [0.5, 0.6) is 11.5 Å². The molecule has 7 nitrogen and oxygen atoms in total. The van der Waals surface area contributed by atoms with Gasteiger partial charge in [-0.1, -0.05) is 23.2 Å². The zero-order chi connectivity index (χ0) is 22.2. The van der Waals surface area contributed by atoms with Gasteiger partial charge in [0.05, 0.1) is 27.8 Å². The Morgan fingerprint density at radius 2 is 1.35 bits per heavy atom. The molecule has 9 heteroatoms. The number of aliphatic hydroxyl groups is 1. The predicted molar refractivity (Wildman–Crippen MR) is 115 cm³/mol. The second kappa shape index (κ2) is 6.75. The van der Waals surface area contributed by atoms with Crippen molar-refractivity contribution in [3.63, 3.8) is 0 Å². The van der Waals surface area contributed by atoms with Crippen LogP contribution in [-0.4, -0.2) is 16.5 Å². The summed E-state index contributed by atoms with van der Waals surface area (Å²) < 4.78 is 16.3. The molecule has 5 rings (SSSR count). The molecule has 0 spiro atoms. The van der Waals surface area contributed by atoms with Gasteiger partial charge in [-0.25, -0.2) is 9.59 Å². The minimum Gasteiger partial charge on any atom is -0.507 e. The average Bonchev–Trinajstić information content (AvgIpc) is 3.03. The fraction of sp³-hybridized carbons (Fsp3) is 0.182. The highest BCUT2D eigenvalue weighted by Gasteiger charge is 2.43. The van der Waals surface area contributed by atoms with Gasteiger partial charge >= 0.3 is 11.3 Å². The van der Waals surface area contributed by atoms with E-state index >= 15 is 0 Å². The maximum atomic E-state index is 12.8. The van der Waals surface area contributed by atoms with Gasteiger partial charge in [-0.15, -0.1) is 0 Å². The largest absolute Gasteiger partial charge is 0.507 e. The molecular formula is C22H14Cl2O7. The molecule has 158 valence electrons. The van der Waals surface area contributed by atoms with E-state index in [9.17, 15) is 19.8 Å². The number of ether oxygens (including phenoxy) is 1. The summed E-state index contributed by atoms with van der Waals surface area (Å²) in [4.78, 5) is 25.6. The third-order valence-electron chi connectivity index (χ3n) is 5.51. The molecule has 2 atom stereocenters. The lowest BCUT2D eigenvalue weighted by atomic mass is 9.92. The number of fused-ring (bicyclic) bond motifs is 4. The molecule has 2 aromatic carbocycles. The molecule has 0 saturated heterocycles. The molecule has 0 aliphatic carbocycles. The zero-order valence-electron chi connectivity index (χ0n) is 16.2. The summed E-state index contributed by atoms with van der Waals surface area (Å²) in [5.41, 5.74) is -0.500. The van der Waals surface area contributed by atoms with E-state index in [-0.39, 0.29) is 33.4 Å². The molecular weight excluding hydrogens is 447 g/mol. The van der Waals surface area contributed by atoms with Crippen molar-refractivity contribution in [1.29, 1.82) is 0 Å². The lowest BCUT2D eigenvalue weighted by Gasteiger charge is -2.15. The molecule has 2 N–H and O–H groups in total. The van der Waals surface area contributed by atoms with Gasteiger partial charge in [-0.2, -0.15) is 0 Å². The lowest BCUT2D eigenvalue weighted by Crippen LogP contribution is -2.26. The summed E-state index contributed by atoms with van der Waals surface area (Å²) in [5.74, 6) is -1.77. The molecule has 0 fully saturated rings. The Morgan fingerprint density at radius 1 is 0.839 bits per heavy atom. The Bertz CT molecular complexity index is 1530. The molecule has 2 unspecified atom stereocenters. The minimum atomic E-state index is -1.64. The molecule has 3 heterocycles. The fourth-order valence-corrected chi connectivity index (χ4v) is 4.25. The summed E-state index contributed by atoms with van der Waals surface area (Å²) in [6, 6.07) is 6.09. The highest BCUT2D eigenvalue weighted by Crippen LogP contribution is 2.46. The average molecular weight is 461 g/mol. The Morgan fingerprint density at radius 3 is 1.97 bits per heavy atom. The first-order chi connectivity index (χ1) is 14.7. The highest BCUT2D eigenvalue weighted by molar-refractivity contribution is 6.32. The molecule has 31 heavy (non-hydrogen) atoms. The summed E-state index contributed by atoms with van der Waals surface area (Å²) in [6.45, 7) is 3.47. The predicted octanol–water partition coefficient (Wildman–Crippen LogP) is 4.37. The number of rotatable bonds is 1. The number of aromatic hydroxyl groups is 1. The smallest absolute Gasteiger partial charge is 0.344 e. The third-order valence-corrected chi connectivity index (χ3v) is 6.33. The summed E-state index contributed by atoms with van der Waals surface area (Å²) >= 11 is 12.4. The Labute approximate surface area is 184 Å². The maximum absolute atomic E-state index is 12.8. The van der Waals surface area contributed by atoms with Gasteiger partial charge < -0.3 is 23.8 Å². The fourth-order valence-electron chi connectivity index (χ4n) is 3.92. The Hall–Kier alpha value is -3.00. The number of halogens is 2. The molecule has 1 aliphatic heterocycles. The van der Waals surface area contributed by atoms with Crippen LogP contribution < -0.4 is 16.0 Å². The van der Waals surface area contributed by atoms with Crippen LogP contribution in [0.25, 0.3) is 21.9 Å². The summed E-state index contributed by atoms with van der Waals surface area (Å²) in [5, 5.41) is 22.8. The number of aryl methyl sites for hydroxylation is 2. The first-order valence-electron chi connectivity index (χ1n) is 9.24. The minimum absolute atomic E-state index is 0.0338. The van der Waals surface area contributed by atoms with Crippen LogP contribution >= 0.6 is 23.2 Å². The summed E-state index contributed by atoms with van der Waals surface area (Å²) in [7, 11) is 0. The van der Waals surface area contributed by atoms with E-state index in [1.54, 1.807) is 26.0 Å². The lowest BCUT2D eigenvalue weighted by molar-refractivity contribution is -0.00987. The second-order valence-electron chi connectivity index (χ2n) is 7.47.